The van der Waals surface area contributed by atoms with Crippen molar-refractivity contribution in [2.75, 3.05) is 5.88 Å². The maximum Gasteiger partial charge on any atom is 0.417 e. The van der Waals surface area contributed by atoms with Crippen molar-refractivity contribution in [2.45, 2.75) is 18.4 Å². The van der Waals surface area contributed by atoms with Gasteiger partial charge in [-0.2, -0.15) is 13.2 Å². The van der Waals surface area contributed by atoms with Crippen molar-refractivity contribution in [3.05, 3.63) is 33.8 Å². The summed E-state index contributed by atoms with van der Waals surface area (Å²) in [7, 11) is 0. The highest BCUT2D eigenvalue weighted by atomic mass is 79.9. The molecule has 0 heterocycles. The van der Waals surface area contributed by atoms with Crippen molar-refractivity contribution in [3.63, 3.8) is 0 Å². The predicted octanol–water partition coefficient (Wildman–Crippen LogP) is 3.10. The fraction of sp³-hybridized carbons (Fsp3) is 0.400. The molecule has 0 aliphatic carbocycles. The highest BCUT2D eigenvalue weighted by molar-refractivity contribution is 9.10. The zero-order chi connectivity index (χ0) is 13.2. The van der Waals surface area contributed by atoms with Crippen molar-refractivity contribution in [1.82, 2.24) is 0 Å². The molecule has 0 amide bonds. The van der Waals surface area contributed by atoms with Crippen LogP contribution < -0.4 is 0 Å². The SMILES string of the molecule is OC(CCl)C(O)c1ccc(Br)c(C(F)(F)F)c1. The van der Waals surface area contributed by atoms with Crippen molar-refractivity contribution in [3.8, 4) is 0 Å². The van der Waals surface area contributed by atoms with Gasteiger partial charge in [-0.25, -0.2) is 0 Å². The maximum atomic E-state index is 12.6. The van der Waals surface area contributed by atoms with Gasteiger partial charge < -0.3 is 10.2 Å². The van der Waals surface area contributed by atoms with Gasteiger partial charge in [0.25, 0.3) is 0 Å². The molecule has 0 aliphatic rings. The first kappa shape index (κ1) is 14.8. The molecule has 2 N–H and O–H groups in total. The minimum Gasteiger partial charge on any atom is -0.389 e. The quantitative estimate of drug-likeness (QED) is 0.835. The van der Waals surface area contributed by atoms with Crippen molar-refractivity contribution >= 4 is 27.5 Å². The highest BCUT2D eigenvalue weighted by Gasteiger charge is 2.34. The van der Waals surface area contributed by atoms with Crippen LogP contribution in [-0.2, 0) is 6.18 Å². The first-order valence-corrected chi connectivity index (χ1v) is 5.89. The van der Waals surface area contributed by atoms with Gasteiger partial charge >= 0.3 is 6.18 Å². The summed E-state index contributed by atoms with van der Waals surface area (Å²) in [6, 6.07) is 3.24. The van der Waals surface area contributed by atoms with E-state index in [4.69, 9.17) is 11.6 Å². The summed E-state index contributed by atoms with van der Waals surface area (Å²) in [5.74, 6) is -0.265. The molecular weight excluding hydrogens is 324 g/mol. The molecule has 0 aliphatic heterocycles. The van der Waals surface area contributed by atoms with E-state index in [0.29, 0.717) is 0 Å². The van der Waals surface area contributed by atoms with Crippen LogP contribution in [0.2, 0.25) is 0 Å². The molecule has 0 saturated heterocycles. The van der Waals surface area contributed by atoms with Crippen LogP contribution in [0.1, 0.15) is 17.2 Å². The maximum absolute atomic E-state index is 12.6. The molecule has 2 atom stereocenters. The lowest BCUT2D eigenvalue weighted by molar-refractivity contribution is -0.138. The Morgan fingerprint density at radius 3 is 2.35 bits per heavy atom. The average Bonchev–Trinajstić information content (AvgIpc) is 2.26. The lowest BCUT2D eigenvalue weighted by Crippen LogP contribution is -2.20. The third-order valence-corrected chi connectivity index (χ3v) is 3.17. The Bertz CT molecular complexity index is 398. The van der Waals surface area contributed by atoms with Gasteiger partial charge in [-0.15, -0.1) is 11.6 Å². The second-order valence-corrected chi connectivity index (χ2v) is 4.57. The van der Waals surface area contributed by atoms with Gasteiger partial charge in [-0.1, -0.05) is 22.0 Å². The lowest BCUT2D eigenvalue weighted by atomic mass is 10.0. The second-order valence-electron chi connectivity index (χ2n) is 3.40. The summed E-state index contributed by atoms with van der Waals surface area (Å²) in [6.07, 6.45) is -7.28. The van der Waals surface area contributed by atoms with E-state index in [9.17, 15) is 23.4 Å². The van der Waals surface area contributed by atoms with Gasteiger partial charge in [-0.05, 0) is 17.7 Å². The summed E-state index contributed by atoms with van der Waals surface area (Å²) in [5, 5.41) is 18.8. The zero-order valence-electron chi connectivity index (χ0n) is 8.38. The van der Waals surface area contributed by atoms with Crippen molar-refractivity contribution in [1.29, 1.82) is 0 Å². The molecular formula is C10H9BrClF3O2. The molecule has 0 radical (unpaired) electrons. The van der Waals surface area contributed by atoms with Crippen LogP contribution in [-0.4, -0.2) is 22.2 Å². The van der Waals surface area contributed by atoms with Crippen LogP contribution in [0.5, 0.6) is 0 Å². The number of alkyl halides is 4. The molecule has 0 saturated carbocycles. The molecule has 0 fully saturated rings. The van der Waals surface area contributed by atoms with Crippen LogP contribution in [0.15, 0.2) is 22.7 Å². The molecule has 1 aromatic carbocycles. The number of halogens is 5. The number of benzene rings is 1. The van der Waals surface area contributed by atoms with Crippen LogP contribution >= 0.6 is 27.5 Å². The topological polar surface area (TPSA) is 40.5 Å². The highest BCUT2D eigenvalue weighted by Crippen LogP contribution is 2.36. The Morgan fingerprint density at radius 2 is 1.88 bits per heavy atom. The Balaban J connectivity index is 3.13. The van der Waals surface area contributed by atoms with E-state index in [-0.39, 0.29) is 15.9 Å². The normalized spacial score (nSPS) is 15.7. The number of rotatable bonds is 3. The minimum absolute atomic E-state index is 0.0336. The molecule has 2 nitrogen and oxygen atoms in total. The predicted molar refractivity (Wildman–Crippen MR) is 60.8 cm³/mol. The minimum atomic E-state index is -4.53. The summed E-state index contributed by atoms with van der Waals surface area (Å²) >= 11 is 8.10. The molecule has 0 bridgehead atoms. The van der Waals surface area contributed by atoms with E-state index in [1.165, 1.54) is 12.1 Å². The third-order valence-electron chi connectivity index (χ3n) is 2.16. The van der Waals surface area contributed by atoms with Crippen molar-refractivity contribution < 1.29 is 23.4 Å². The summed E-state index contributed by atoms with van der Waals surface area (Å²) in [4.78, 5) is 0. The average molecular weight is 334 g/mol. The van der Waals surface area contributed by atoms with Crippen LogP contribution in [0.25, 0.3) is 0 Å². The van der Waals surface area contributed by atoms with Gasteiger partial charge in [0.05, 0.1) is 17.5 Å². The van der Waals surface area contributed by atoms with E-state index in [1.54, 1.807) is 0 Å². The molecule has 1 rings (SSSR count). The van der Waals surface area contributed by atoms with Crippen LogP contribution in [0.4, 0.5) is 13.2 Å². The van der Waals surface area contributed by atoms with Crippen LogP contribution in [0.3, 0.4) is 0 Å². The second kappa shape index (κ2) is 5.56. The van der Waals surface area contributed by atoms with Gasteiger partial charge in [0, 0.05) is 4.47 Å². The Kier molecular flexibility index (Phi) is 4.83. The van der Waals surface area contributed by atoms with E-state index >= 15 is 0 Å². The number of hydrogen-bond donors (Lipinski definition) is 2. The molecule has 2 unspecified atom stereocenters. The van der Waals surface area contributed by atoms with Gasteiger partial charge in [0.1, 0.15) is 6.10 Å². The van der Waals surface area contributed by atoms with Gasteiger partial charge in [0.2, 0.25) is 0 Å². The molecule has 17 heavy (non-hydrogen) atoms. The molecule has 7 heteroatoms. The summed E-state index contributed by atoms with van der Waals surface area (Å²) < 4.78 is 37.6. The fourth-order valence-electron chi connectivity index (χ4n) is 1.25. The molecule has 96 valence electrons. The molecule has 0 spiro atoms. The smallest absolute Gasteiger partial charge is 0.389 e. The van der Waals surface area contributed by atoms with E-state index in [2.05, 4.69) is 15.9 Å². The van der Waals surface area contributed by atoms with Gasteiger partial charge in [-0.3, -0.25) is 0 Å². The summed E-state index contributed by atoms with van der Waals surface area (Å²) in [5.41, 5.74) is -0.940. The van der Waals surface area contributed by atoms with E-state index in [1.807, 2.05) is 0 Å². The first-order chi connectivity index (χ1) is 7.77. The number of aliphatic hydroxyl groups is 2. The monoisotopic (exact) mass is 332 g/mol. The fourth-order valence-corrected chi connectivity index (χ4v) is 1.89. The molecule has 0 aromatic heterocycles. The largest absolute Gasteiger partial charge is 0.417 e. The zero-order valence-corrected chi connectivity index (χ0v) is 10.7. The molecule has 1 aromatic rings. The van der Waals surface area contributed by atoms with E-state index < -0.39 is 23.9 Å². The van der Waals surface area contributed by atoms with Gasteiger partial charge in [0.15, 0.2) is 0 Å². The first-order valence-electron chi connectivity index (χ1n) is 4.56. The van der Waals surface area contributed by atoms with E-state index in [0.717, 1.165) is 6.07 Å². The Labute approximate surface area is 109 Å². The number of aliphatic hydroxyl groups excluding tert-OH is 2. The van der Waals surface area contributed by atoms with Crippen molar-refractivity contribution in [2.24, 2.45) is 0 Å². The Hall–Kier alpha value is -0.300. The number of hydrogen-bond acceptors (Lipinski definition) is 2. The summed E-state index contributed by atoms with van der Waals surface area (Å²) in [6.45, 7) is 0. The lowest BCUT2D eigenvalue weighted by Gasteiger charge is -2.18. The van der Waals surface area contributed by atoms with Crippen LogP contribution in [0, 0.1) is 0 Å². The Morgan fingerprint density at radius 1 is 1.29 bits per heavy atom. The third kappa shape index (κ3) is 3.58. The standard InChI is InChI=1S/C10H9BrClF3O2/c11-7-2-1-5(9(17)8(16)4-12)3-6(7)10(13,14)15/h1-3,8-9,16-17H,4H2.